The average molecular weight is 509 g/mol. The summed E-state index contributed by atoms with van der Waals surface area (Å²) in [5.41, 5.74) is 9.59. The van der Waals surface area contributed by atoms with Gasteiger partial charge in [-0.2, -0.15) is 0 Å². The van der Waals surface area contributed by atoms with E-state index in [0.717, 1.165) is 44.2 Å². The Bertz CT molecular complexity index is 2600. The summed E-state index contributed by atoms with van der Waals surface area (Å²) >= 11 is 0. The molecule has 40 heavy (non-hydrogen) atoms. The normalized spacial score (nSPS) is 12.5. The summed E-state index contributed by atoms with van der Waals surface area (Å²) < 4.78 is 4.71. The van der Waals surface area contributed by atoms with Crippen LogP contribution >= 0.6 is 0 Å². The molecule has 0 aliphatic rings. The van der Waals surface area contributed by atoms with Crippen LogP contribution in [0.4, 0.5) is 0 Å². The molecule has 0 amide bonds. The second-order valence-electron chi connectivity index (χ2n) is 10.7. The number of nitrogens with zero attached hydrogens (tertiary/aromatic N) is 4. The van der Waals surface area contributed by atoms with Crippen molar-refractivity contribution in [2.24, 2.45) is 0 Å². The van der Waals surface area contributed by atoms with Gasteiger partial charge in [0, 0.05) is 38.0 Å². The molecule has 0 unspecified atom stereocenters. The van der Waals surface area contributed by atoms with Crippen LogP contribution in [0.3, 0.4) is 0 Å². The quantitative estimate of drug-likeness (QED) is 0.207. The largest absolute Gasteiger partial charge is 0.309 e. The van der Waals surface area contributed by atoms with Crippen LogP contribution in [0.15, 0.2) is 121 Å². The molecule has 10 rings (SSSR count). The van der Waals surface area contributed by atoms with Crippen LogP contribution in [0.5, 0.6) is 0 Å². The van der Waals surface area contributed by atoms with E-state index in [4.69, 9.17) is 9.97 Å². The molecule has 0 N–H and O–H groups in total. The van der Waals surface area contributed by atoms with Gasteiger partial charge in [0.2, 0.25) is 0 Å². The third kappa shape index (κ3) is 2.42. The fourth-order valence-electron chi connectivity index (χ4n) is 6.93. The first-order valence-electron chi connectivity index (χ1n) is 13.6. The van der Waals surface area contributed by atoms with E-state index < -0.39 is 0 Å². The number of hydrogen-bond donors (Lipinski definition) is 0. The lowest BCUT2D eigenvalue weighted by molar-refractivity contribution is 1.19. The number of para-hydroxylation sites is 3. The average Bonchev–Trinajstić information content (AvgIpc) is 3.64. The Kier molecular flexibility index (Phi) is 3.65. The van der Waals surface area contributed by atoms with E-state index in [0.29, 0.717) is 0 Å². The van der Waals surface area contributed by atoms with Crippen molar-refractivity contribution in [3.63, 3.8) is 0 Å². The summed E-state index contributed by atoms with van der Waals surface area (Å²) in [4.78, 5) is 10.6. The van der Waals surface area contributed by atoms with Crippen LogP contribution in [0.1, 0.15) is 0 Å². The van der Waals surface area contributed by atoms with E-state index in [-0.39, 0.29) is 0 Å². The molecule has 0 saturated heterocycles. The molecule has 184 valence electrons. The molecular weight excluding hydrogens is 488 g/mol. The minimum absolute atomic E-state index is 0.906. The van der Waals surface area contributed by atoms with Crippen LogP contribution in [0.25, 0.3) is 87.7 Å². The second-order valence-corrected chi connectivity index (χ2v) is 10.7. The number of aromatic nitrogens is 4. The Morgan fingerprint density at radius 2 is 1.05 bits per heavy atom. The SMILES string of the molecule is c1ccc2c(c1)ccc1nc3c(nc12)c1cc(-n2c4ccccc4c4ccccc42)cc2c4ccccc4n3c21. The van der Waals surface area contributed by atoms with Gasteiger partial charge in [-0.15, -0.1) is 0 Å². The zero-order valence-electron chi connectivity index (χ0n) is 21.3. The van der Waals surface area contributed by atoms with Gasteiger partial charge in [-0.25, -0.2) is 9.97 Å². The van der Waals surface area contributed by atoms with Crippen molar-refractivity contribution in [2.45, 2.75) is 0 Å². The molecule has 0 bridgehead atoms. The van der Waals surface area contributed by atoms with Crippen LogP contribution in [0.2, 0.25) is 0 Å². The fraction of sp³-hybridized carbons (Fsp3) is 0. The molecule has 10 aromatic rings. The number of hydrogen-bond acceptors (Lipinski definition) is 2. The molecule has 4 nitrogen and oxygen atoms in total. The first-order chi connectivity index (χ1) is 19.8. The van der Waals surface area contributed by atoms with Gasteiger partial charge in [0.25, 0.3) is 0 Å². The summed E-state index contributed by atoms with van der Waals surface area (Å²) in [5, 5.41) is 8.40. The van der Waals surface area contributed by atoms with Crippen molar-refractivity contribution in [2.75, 3.05) is 0 Å². The highest BCUT2D eigenvalue weighted by molar-refractivity contribution is 6.24. The topological polar surface area (TPSA) is 35.1 Å². The van der Waals surface area contributed by atoms with Gasteiger partial charge in [0.05, 0.1) is 33.1 Å². The maximum atomic E-state index is 5.36. The molecular formula is C36H20N4. The van der Waals surface area contributed by atoms with Crippen molar-refractivity contribution >= 4 is 82.0 Å². The minimum atomic E-state index is 0.906. The van der Waals surface area contributed by atoms with E-state index in [1.165, 1.54) is 43.5 Å². The summed E-state index contributed by atoms with van der Waals surface area (Å²) in [5.74, 6) is 0. The fourth-order valence-corrected chi connectivity index (χ4v) is 6.93. The lowest BCUT2D eigenvalue weighted by Gasteiger charge is -2.09. The van der Waals surface area contributed by atoms with E-state index in [1.807, 2.05) is 0 Å². The van der Waals surface area contributed by atoms with Crippen molar-refractivity contribution in [3.8, 4) is 5.69 Å². The van der Waals surface area contributed by atoms with Crippen LogP contribution in [0, 0.1) is 0 Å². The molecule has 0 aliphatic heterocycles. The standard InChI is InChI=1S/C36H20N4/c1-2-10-23-21(9-1)17-18-29-33(23)38-34-28-20-22(39-30-14-6-3-11-24(30)25-12-4-7-15-31(25)39)19-27-26-13-5-8-16-32(26)40(35(27)28)36(34)37-29/h1-20H. The number of benzene rings is 6. The minimum Gasteiger partial charge on any atom is -0.309 e. The zero-order chi connectivity index (χ0) is 25.9. The van der Waals surface area contributed by atoms with Crippen molar-refractivity contribution in [3.05, 3.63) is 121 Å². The smallest absolute Gasteiger partial charge is 0.165 e. The van der Waals surface area contributed by atoms with Gasteiger partial charge in [-0.05, 0) is 41.8 Å². The maximum Gasteiger partial charge on any atom is 0.165 e. The highest BCUT2D eigenvalue weighted by Gasteiger charge is 2.22. The molecule has 0 aliphatic carbocycles. The molecule has 4 aromatic heterocycles. The van der Waals surface area contributed by atoms with Gasteiger partial charge >= 0.3 is 0 Å². The third-order valence-electron chi connectivity index (χ3n) is 8.60. The summed E-state index contributed by atoms with van der Waals surface area (Å²) in [6, 6.07) is 43.4. The predicted octanol–water partition coefficient (Wildman–Crippen LogP) is 9.03. The first kappa shape index (κ1) is 20.5. The van der Waals surface area contributed by atoms with E-state index >= 15 is 0 Å². The summed E-state index contributed by atoms with van der Waals surface area (Å²) in [6.07, 6.45) is 0. The Balaban J connectivity index is 1.44. The Hall–Kier alpha value is -5.48. The zero-order valence-corrected chi connectivity index (χ0v) is 21.3. The van der Waals surface area contributed by atoms with Gasteiger partial charge in [0.1, 0.15) is 5.52 Å². The molecule has 4 heterocycles. The second kappa shape index (κ2) is 7.13. The van der Waals surface area contributed by atoms with E-state index in [2.05, 4.69) is 130 Å². The number of rotatable bonds is 1. The van der Waals surface area contributed by atoms with Crippen molar-refractivity contribution < 1.29 is 0 Å². The maximum absolute atomic E-state index is 5.36. The van der Waals surface area contributed by atoms with Crippen LogP contribution in [-0.2, 0) is 0 Å². The lowest BCUT2D eigenvalue weighted by Crippen LogP contribution is -1.94. The molecule has 0 atom stereocenters. The van der Waals surface area contributed by atoms with Gasteiger partial charge < -0.3 is 4.57 Å². The van der Waals surface area contributed by atoms with Crippen LogP contribution < -0.4 is 0 Å². The molecule has 0 fully saturated rings. The van der Waals surface area contributed by atoms with Crippen molar-refractivity contribution in [1.82, 2.24) is 18.9 Å². The third-order valence-corrected chi connectivity index (χ3v) is 8.60. The van der Waals surface area contributed by atoms with E-state index in [1.54, 1.807) is 0 Å². The van der Waals surface area contributed by atoms with Gasteiger partial charge in [-0.1, -0.05) is 84.9 Å². The number of fused-ring (bicyclic) bond motifs is 12. The van der Waals surface area contributed by atoms with Gasteiger partial charge in [-0.3, -0.25) is 4.40 Å². The lowest BCUT2D eigenvalue weighted by atomic mass is 10.1. The predicted molar refractivity (Wildman–Crippen MR) is 166 cm³/mol. The first-order valence-corrected chi connectivity index (χ1v) is 13.6. The highest BCUT2D eigenvalue weighted by Crippen LogP contribution is 2.42. The molecule has 0 spiro atoms. The van der Waals surface area contributed by atoms with Crippen molar-refractivity contribution in [1.29, 1.82) is 0 Å². The summed E-state index contributed by atoms with van der Waals surface area (Å²) in [6.45, 7) is 0. The Morgan fingerprint density at radius 3 is 1.80 bits per heavy atom. The Labute approximate surface area is 227 Å². The molecule has 4 heteroatoms. The summed E-state index contributed by atoms with van der Waals surface area (Å²) in [7, 11) is 0. The Morgan fingerprint density at radius 1 is 0.450 bits per heavy atom. The molecule has 0 radical (unpaired) electrons. The molecule has 6 aromatic carbocycles. The van der Waals surface area contributed by atoms with E-state index in [9.17, 15) is 0 Å². The highest BCUT2D eigenvalue weighted by atomic mass is 15.0. The molecule has 0 saturated carbocycles. The van der Waals surface area contributed by atoms with Crippen LogP contribution in [-0.4, -0.2) is 18.9 Å². The monoisotopic (exact) mass is 508 g/mol. The van der Waals surface area contributed by atoms with Gasteiger partial charge in [0.15, 0.2) is 5.65 Å².